The van der Waals surface area contributed by atoms with E-state index in [0.717, 1.165) is 15.2 Å². The lowest BCUT2D eigenvalue weighted by molar-refractivity contribution is 0.0584. The number of fused-ring (bicyclic) bond motifs is 1. The quantitative estimate of drug-likeness (QED) is 0.613. The number of anilines is 1. The van der Waals surface area contributed by atoms with Crippen molar-refractivity contribution in [3.05, 3.63) is 52.0 Å². The van der Waals surface area contributed by atoms with Gasteiger partial charge in [0.05, 0.1) is 17.3 Å². The maximum atomic E-state index is 12.6. The molecular formula is C19H18BrClN2O2. The van der Waals surface area contributed by atoms with Gasteiger partial charge < -0.3 is 4.74 Å². The van der Waals surface area contributed by atoms with E-state index in [4.69, 9.17) is 16.3 Å². The average Bonchev–Trinajstić information content (AvgIpc) is 2.55. The monoisotopic (exact) mass is 420 g/mol. The standard InChI is InChI=1S/C19H18BrClN2O2/c1-19(2,3)25-18(24)23(11-5-10-21)16-9-8-14-13(12-22)6-4-7-15(14)17(16)20/h4-10H,11H2,1-3H3/b10-5+. The summed E-state index contributed by atoms with van der Waals surface area (Å²) in [6.07, 6.45) is 1.19. The first-order valence-corrected chi connectivity index (χ1v) is 8.88. The summed E-state index contributed by atoms with van der Waals surface area (Å²) in [5, 5.41) is 10.9. The molecule has 0 saturated heterocycles. The second-order valence-electron chi connectivity index (χ2n) is 6.36. The van der Waals surface area contributed by atoms with Crippen molar-refractivity contribution in [3.8, 4) is 6.07 Å². The van der Waals surface area contributed by atoms with Crippen LogP contribution in [0.25, 0.3) is 10.8 Å². The molecule has 0 saturated carbocycles. The summed E-state index contributed by atoms with van der Waals surface area (Å²) in [4.78, 5) is 14.1. The number of nitriles is 1. The molecule has 6 heteroatoms. The lowest BCUT2D eigenvalue weighted by Crippen LogP contribution is -2.37. The maximum absolute atomic E-state index is 12.6. The molecule has 0 aromatic heterocycles. The molecule has 0 aliphatic rings. The number of carbonyl (C=O) groups excluding carboxylic acids is 1. The molecule has 1 amide bonds. The van der Waals surface area contributed by atoms with Gasteiger partial charge in [-0.05, 0) is 54.2 Å². The van der Waals surface area contributed by atoms with Crippen LogP contribution < -0.4 is 4.90 Å². The highest BCUT2D eigenvalue weighted by atomic mass is 79.9. The van der Waals surface area contributed by atoms with Gasteiger partial charge in [-0.2, -0.15) is 5.26 Å². The van der Waals surface area contributed by atoms with Gasteiger partial charge >= 0.3 is 6.09 Å². The van der Waals surface area contributed by atoms with Crippen molar-refractivity contribution in [2.24, 2.45) is 0 Å². The minimum atomic E-state index is -0.614. The van der Waals surface area contributed by atoms with Gasteiger partial charge in [0.1, 0.15) is 5.60 Å². The molecule has 0 heterocycles. The third kappa shape index (κ3) is 4.53. The van der Waals surface area contributed by atoms with E-state index in [1.54, 1.807) is 18.2 Å². The molecule has 0 spiro atoms. The van der Waals surface area contributed by atoms with Crippen molar-refractivity contribution in [1.29, 1.82) is 5.26 Å². The van der Waals surface area contributed by atoms with Crippen LogP contribution in [0.5, 0.6) is 0 Å². The fraction of sp³-hybridized carbons (Fsp3) is 0.263. The van der Waals surface area contributed by atoms with Crippen molar-refractivity contribution in [3.63, 3.8) is 0 Å². The lowest BCUT2D eigenvalue weighted by atomic mass is 10.0. The van der Waals surface area contributed by atoms with Crippen molar-refractivity contribution in [2.45, 2.75) is 26.4 Å². The van der Waals surface area contributed by atoms with Gasteiger partial charge in [-0.1, -0.05) is 35.9 Å². The summed E-state index contributed by atoms with van der Waals surface area (Å²) in [6.45, 7) is 5.71. The summed E-state index contributed by atoms with van der Waals surface area (Å²) in [5.74, 6) is 0. The molecule has 130 valence electrons. The Morgan fingerprint density at radius 1 is 1.32 bits per heavy atom. The molecule has 25 heavy (non-hydrogen) atoms. The van der Waals surface area contributed by atoms with Crippen LogP contribution in [0.2, 0.25) is 0 Å². The molecule has 0 N–H and O–H groups in total. The SMILES string of the molecule is CC(C)(C)OC(=O)N(C/C=C/Cl)c1ccc2c(C#N)cccc2c1Br. The first-order chi connectivity index (χ1) is 11.8. The molecule has 2 aromatic rings. The predicted octanol–water partition coefficient (Wildman–Crippen LogP) is 5.97. The number of rotatable bonds is 3. The Morgan fingerprint density at radius 3 is 2.64 bits per heavy atom. The third-order valence-corrected chi connectivity index (χ3v) is 4.39. The van der Waals surface area contributed by atoms with Crippen molar-refractivity contribution in [1.82, 2.24) is 0 Å². The molecule has 0 aliphatic heterocycles. The van der Waals surface area contributed by atoms with Gasteiger partial charge in [0.25, 0.3) is 0 Å². The number of amides is 1. The van der Waals surface area contributed by atoms with Crippen molar-refractivity contribution < 1.29 is 9.53 Å². The Kier molecular flexibility index (Phi) is 6.10. The first kappa shape index (κ1) is 19.3. The van der Waals surface area contributed by atoms with E-state index in [0.29, 0.717) is 11.3 Å². The Balaban J connectivity index is 2.56. The number of halogens is 2. The number of ether oxygens (including phenoxy) is 1. The highest BCUT2D eigenvalue weighted by Gasteiger charge is 2.24. The van der Waals surface area contributed by atoms with Gasteiger partial charge in [0.2, 0.25) is 0 Å². The van der Waals surface area contributed by atoms with Crippen molar-refractivity contribution >= 4 is 50.1 Å². The molecular weight excluding hydrogens is 404 g/mol. The van der Waals surface area contributed by atoms with Crippen LogP contribution in [0.1, 0.15) is 26.3 Å². The van der Waals surface area contributed by atoms with Crippen molar-refractivity contribution in [2.75, 3.05) is 11.4 Å². The normalized spacial score (nSPS) is 11.5. The Morgan fingerprint density at radius 2 is 2.04 bits per heavy atom. The number of hydrogen-bond donors (Lipinski definition) is 0. The molecule has 0 unspecified atom stereocenters. The summed E-state index contributed by atoms with van der Waals surface area (Å²) in [7, 11) is 0. The number of nitrogens with zero attached hydrogens (tertiary/aromatic N) is 2. The van der Waals surface area contributed by atoms with Crippen LogP contribution in [-0.2, 0) is 4.74 Å². The molecule has 0 fully saturated rings. The molecule has 0 atom stereocenters. The van der Waals surface area contributed by atoms with Crippen LogP contribution in [0.4, 0.5) is 10.5 Å². The second-order valence-corrected chi connectivity index (χ2v) is 7.41. The van der Waals surface area contributed by atoms with E-state index < -0.39 is 11.7 Å². The molecule has 0 bridgehead atoms. The molecule has 2 aromatic carbocycles. The fourth-order valence-corrected chi connectivity index (χ4v) is 3.12. The van der Waals surface area contributed by atoms with Crippen LogP contribution in [-0.4, -0.2) is 18.2 Å². The zero-order valence-corrected chi connectivity index (χ0v) is 16.6. The van der Waals surface area contributed by atoms with E-state index in [1.807, 2.05) is 39.0 Å². The lowest BCUT2D eigenvalue weighted by Gasteiger charge is -2.27. The number of hydrogen-bond acceptors (Lipinski definition) is 3. The summed E-state index contributed by atoms with van der Waals surface area (Å²) in [5.41, 5.74) is 1.97. The smallest absolute Gasteiger partial charge is 0.415 e. The Labute approximate surface area is 160 Å². The zero-order chi connectivity index (χ0) is 18.6. The number of carbonyl (C=O) groups is 1. The van der Waals surface area contributed by atoms with E-state index in [-0.39, 0.29) is 6.54 Å². The van der Waals surface area contributed by atoms with E-state index >= 15 is 0 Å². The van der Waals surface area contributed by atoms with Gasteiger partial charge in [0, 0.05) is 21.9 Å². The predicted molar refractivity (Wildman–Crippen MR) is 105 cm³/mol. The Bertz CT molecular complexity index is 866. The first-order valence-electron chi connectivity index (χ1n) is 7.65. The fourth-order valence-electron chi connectivity index (χ4n) is 2.35. The highest BCUT2D eigenvalue weighted by molar-refractivity contribution is 9.10. The summed E-state index contributed by atoms with van der Waals surface area (Å²) < 4.78 is 6.22. The van der Waals surface area contributed by atoms with Crippen LogP contribution >= 0.6 is 27.5 Å². The van der Waals surface area contributed by atoms with Crippen LogP contribution in [0.3, 0.4) is 0 Å². The molecule has 4 nitrogen and oxygen atoms in total. The van der Waals surface area contributed by atoms with E-state index in [1.165, 1.54) is 10.4 Å². The van der Waals surface area contributed by atoms with Crippen LogP contribution in [0.15, 0.2) is 46.4 Å². The highest BCUT2D eigenvalue weighted by Crippen LogP contribution is 2.35. The third-order valence-electron chi connectivity index (χ3n) is 3.38. The topological polar surface area (TPSA) is 53.3 Å². The van der Waals surface area contributed by atoms with Gasteiger partial charge in [-0.15, -0.1) is 0 Å². The van der Waals surface area contributed by atoms with Gasteiger partial charge in [0.15, 0.2) is 0 Å². The largest absolute Gasteiger partial charge is 0.443 e. The average molecular weight is 422 g/mol. The summed E-state index contributed by atoms with van der Waals surface area (Å²) in [6, 6.07) is 11.3. The molecule has 0 radical (unpaired) electrons. The zero-order valence-electron chi connectivity index (χ0n) is 14.2. The van der Waals surface area contributed by atoms with E-state index in [9.17, 15) is 10.1 Å². The minimum Gasteiger partial charge on any atom is -0.443 e. The molecule has 2 rings (SSSR count). The second kappa shape index (κ2) is 7.90. The number of benzene rings is 2. The van der Waals surface area contributed by atoms with E-state index in [2.05, 4.69) is 22.0 Å². The minimum absolute atomic E-state index is 0.264. The Hall–Kier alpha value is -2.03. The molecule has 0 aliphatic carbocycles. The maximum Gasteiger partial charge on any atom is 0.415 e. The van der Waals surface area contributed by atoms with Gasteiger partial charge in [-0.25, -0.2) is 4.79 Å². The van der Waals surface area contributed by atoms with Gasteiger partial charge in [-0.3, -0.25) is 4.90 Å². The van der Waals surface area contributed by atoms with Crippen LogP contribution in [0, 0.1) is 11.3 Å². The summed E-state index contributed by atoms with van der Waals surface area (Å²) >= 11 is 9.21.